The van der Waals surface area contributed by atoms with E-state index < -0.39 is 0 Å². The monoisotopic (exact) mass is 250 g/mol. The molecular weight excluding hydrogens is 228 g/mol. The first-order chi connectivity index (χ1) is 8.39. The van der Waals surface area contributed by atoms with Crippen LogP contribution in [0.25, 0.3) is 0 Å². The van der Waals surface area contributed by atoms with Crippen LogP contribution in [0.15, 0.2) is 23.3 Å². The van der Waals surface area contributed by atoms with Crippen LogP contribution in [0, 0.1) is 11.3 Å². The number of nitrogens with zero attached hydrogens (tertiary/aromatic N) is 2. The molecule has 3 unspecified atom stereocenters. The summed E-state index contributed by atoms with van der Waals surface area (Å²) in [6, 6.07) is 1.83. The lowest BCUT2D eigenvalue weighted by Crippen LogP contribution is -2.41. The summed E-state index contributed by atoms with van der Waals surface area (Å²) in [5.41, 5.74) is -0.0917. The van der Waals surface area contributed by atoms with Gasteiger partial charge < -0.3 is 5.11 Å². The van der Waals surface area contributed by atoms with Crippen LogP contribution in [0.2, 0.25) is 0 Å². The quantitative estimate of drug-likeness (QED) is 0.829. The third-order valence-electron chi connectivity index (χ3n) is 4.00. The largest absolute Gasteiger partial charge is 0.393 e. The molecule has 1 saturated carbocycles. The van der Waals surface area contributed by atoms with Crippen LogP contribution in [0.3, 0.4) is 0 Å². The Kier molecular flexibility index (Phi) is 3.57. The highest BCUT2D eigenvalue weighted by Gasteiger charge is 2.38. The topological polar surface area (TPSA) is 55.1 Å². The Labute approximate surface area is 108 Å². The van der Waals surface area contributed by atoms with E-state index in [1.54, 1.807) is 16.8 Å². The first-order valence-corrected chi connectivity index (χ1v) is 6.61. The molecule has 1 aliphatic rings. The summed E-state index contributed by atoms with van der Waals surface area (Å²) in [6.45, 7) is 6.59. The normalized spacial score (nSPS) is 29.2. The minimum atomic E-state index is -0.305. The number of aliphatic hydroxyl groups excluding tert-OH is 1. The minimum Gasteiger partial charge on any atom is -0.393 e. The van der Waals surface area contributed by atoms with Gasteiger partial charge in [-0.2, -0.15) is 0 Å². The van der Waals surface area contributed by atoms with Gasteiger partial charge >= 0.3 is 5.69 Å². The van der Waals surface area contributed by atoms with Crippen molar-refractivity contribution >= 4 is 0 Å². The zero-order valence-electron chi connectivity index (χ0n) is 11.3. The third-order valence-corrected chi connectivity index (χ3v) is 4.00. The fourth-order valence-electron chi connectivity index (χ4n) is 3.06. The van der Waals surface area contributed by atoms with Crippen molar-refractivity contribution in [3.63, 3.8) is 0 Å². The van der Waals surface area contributed by atoms with Crippen LogP contribution in [-0.4, -0.2) is 20.8 Å². The molecule has 0 amide bonds. The summed E-state index contributed by atoms with van der Waals surface area (Å²) < 4.78 is 1.69. The first-order valence-electron chi connectivity index (χ1n) is 6.61. The average molecular weight is 250 g/mol. The molecule has 1 N–H and O–H groups in total. The Balaban J connectivity index is 2.37. The third kappa shape index (κ3) is 2.64. The number of aliphatic hydroxyl groups is 1. The standard InChI is InChI=1S/C14H22N2O2/c1-14(2,3)11-6-5-10(17)9-12(11)16-8-4-7-15-13(16)18/h4,7-8,10-12,17H,5-6,9H2,1-3H3. The van der Waals surface area contributed by atoms with Gasteiger partial charge in [-0.25, -0.2) is 9.78 Å². The summed E-state index contributed by atoms with van der Waals surface area (Å²) in [5, 5.41) is 9.88. The van der Waals surface area contributed by atoms with Gasteiger partial charge in [-0.1, -0.05) is 20.8 Å². The summed E-state index contributed by atoms with van der Waals surface area (Å²) >= 11 is 0. The van der Waals surface area contributed by atoms with Crippen molar-refractivity contribution in [2.75, 3.05) is 0 Å². The lowest BCUT2D eigenvalue weighted by atomic mass is 9.69. The molecule has 0 aliphatic heterocycles. The Morgan fingerprint density at radius 1 is 1.39 bits per heavy atom. The number of hydrogen-bond acceptors (Lipinski definition) is 3. The molecule has 100 valence electrons. The summed E-state index contributed by atoms with van der Waals surface area (Å²) in [6.07, 6.45) is 5.43. The van der Waals surface area contributed by atoms with E-state index in [-0.39, 0.29) is 23.3 Å². The van der Waals surface area contributed by atoms with Gasteiger partial charge in [0.05, 0.1) is 6.10 Å². The maximum absolute atomic E-state index is 11.9. The smallest absolute Gasteiger partial charge is 0.347 e. The van der Waals surface area contributed by atoms with Gasteiger partial charge in [0.2, 0.25) is 0 Å². The van der Waals surface area contributed by atoms with E-state index in [9.17, 15) is 9.90 Å². The Bertz CT molecular complexity index is 461. The van der Waals surface area contributed by atoms with Crippen LogP contribution < -0.4 is 5.69 Å². The maximum Gasteiger partial charge on any atom is 0.347 e. The van der Waals surface area contributed by atoms with E-state index in [1.165, 1.54) is 6.20 Å². The molecule has 0 saturated heterocycles. The second kappa shape index (κ2) is 4.84. The van der Waals surface area contributed by atoms with Crippen molar-refractivity contribution in [3.05, 3.63) is 28.9 Å². The van der Waals surface area contributed by atoms with Crippen LogP contribution in [0.1, 0.15) is 46.1 Å². The molecule has 1 fully saturated rings. The van der Waals surface area contributed by atoms with Gasteiger partial charge in [-0.05, 0) is 36.7 Å². The molecule has 4 nitrogen and oxygen atoms in total. The van der Waals surface area contributed by atoms with Gasteiger partial charge in [0.1, 0.15) is 0 Å². The van der Waals surface area contributed by atoms with E-state index in [1.807, 2.05) is 0 Å². The van der Waals surface area contributed by atoms with Crippen molar-refractivity contribution in [2.24, 2.45) is 11.3 Å². The zero-order valence-corrected chi connectivity index (χ0v) is 11.3. The van der Waals surface area contributed by atoms with Crippen LogP contribution in [0.5, 0.6) is 0 Å². The van der Waals surface area contributed by atoms with Gasteiger partial charge in [0.25, 0.3) is 0 Å². The van der Waals surface area contributed by atoms with Gasteiger partial charge in [-0.15, -0.1) is 0 Å². The van der Waals surface area contributed by atoms with Crippen molar-refractivity contribution in [1.82, 2.24) is 9.55 Å². The fourth-order valence-corrected chi connectivity index (χ4v) is 3.06. The van der Waals surface area contributed by atoms with Crippen LogP contribution >= 0.6 is 0 Å². The molecule has 0 bridgehead atoms. The van der Waals surface area contributed by atoms with E-state index >= 15 is 0 Å². The van der Waals surface area contributed by atoms with Crippen LogP contribution in [0.4, 0.5) is 0 Å². The molecule has 1 heterocycles. The van der Waals surface area contributed by atoms with Gasteiger partial charge in [-0.3, -0.25) is 4.57 Å². The second-order valence-electron chi connectivity index (χ2n) is 6.32. The molecule has 18 heavy (non-hydrogen) atoms. The highest BCUT2D eigenvalue weighted by Crippen LogP contribution is 2.43. The zero-order chi connectivity index (χ0) is 13.3. The molecule has 1 aliphatic carbocycles. The Morgan fingerprint density at radius 2 is 2.11 bits per heavy atom. The molecule has 2 rings (SSSR count). The SMILES string of the molecule is CC(C)(C)C1CCC(O)CC1n1cccnc1=O. The van der Waals surface area contributed by atoms with E-state index in [4.69, 9.17) is 0 Å². The Hall–Kier alpha value is -1.16. The van der Waals surface area contributed by atoms with Crippen molar-refractivity contribution in [2.45, 2.75) is 52.2 Å². The fraction of sp³-hybridized carbons (Fsp3) is 0.714. The maximum atomic E-state index is 11.9. The van der Waals surface area contributed by atoms with Crippen LogP contribution in [-0.2, 0) is 0 Å². The predicted molar refractivity (Wildman–Crippen MR) is 70.3 cm³/mol. The lowest BCUT2D eigenvalue weighted by molar-refractivity contribution is 0.0282. The molecule has 4 heteroatoms. The molecule has 1 aromatic rings. The van der Waals surface area contributed by atoms with E-state index in [2.05, 4.69) is 25.8 Å². The molecule has 0 radical (unpaired) electrons. The molecule has 0 spiro atoms. The lowest BCUT2D eigenvalue weighted by Gasteiger charge is -2.42. The van der Waals surface area contributed by atoms with E-state index in [0.717, 1.165) is 12.8 Å². The average Bonchev–Trinajstić information content (AvgIpc) is 2.27. The predicted octanol–water partition coefficient (Wildman–Crippen LogP) is 1.99. The van der Waals surface area contributed by atoms with Gasteiger partial charge in [0, 0.05) is 18.4 Å². The van der Waals surface area contributed by atoms with Crippen molar-refractivity contribution in [3.8, 4) is 0 Å². The number of rotatable bonds is 1. The van der Waals surface area contributed by atoms with Gasteiger partial charge in [0.15, 0.2) is 0 Å². The summed E-state index contributed by atoms with van der Waals surface area (Å²) in [5.74, 6) is 0.391. The highest BCUT2D eigenvalue weighted by molar-refractivity contribution is 4.94. The molecule has 3 atom stereocenters. The second-order valence-corrected chi connectivity index (χ2v) is 6.32. The van der Waals surface area contributed by atoms with Crippen molar-refractivity contribution in [1.29, 1.82) is 0 Å². The van der Waals surface area contributed by atoms with E-state index in [0.29, 0.717) is 12.3 Å². The minimum absolute atomic E-state index is 0.0509. The highest BCUT2D eigenvalue weighted by atomic mass is 16.3. The first kappa shape index (κ1) is 13.3. The molecule has 1 aromatic heterocycles. The number of aromatic nitrogens is 2. The molecular formula is C14H22N2O2. The summed E-state index contributed by atoms with van der Waals surface area (Å²) in [7, 11) is 0. The van der Waals surface area contributed by atoms with Crippen molar-refractivity contribution < 1.29 is 5.11 Å². The summed E-state index contributed by atoms with van der Waals surface area (Å²) in [4.78, 5) is 15.7. The Morgan fingerprint density at radius 3 is 2.72 bits per heavy atom. The molecule has 0 aromatic carbocycles. The number of hydrogen-bond donors (Lipinski definition) is 1.